The Labute approximate surface area is 150 Å². The lowest BCUT2D eigenvalue weighted by atomic mass is 10.3. The number of fused-ring (bicyclic) bond motifs is 1. The Morgan fingerprint density at radius 2 is 2.00 bits per heavy atom. The van der Waals surface area contributed by atoms with E-state index in [0.29, 0.717) is 11.5 Å². The molecule has 0 aliphatic carbocycles. The van der Waals surface area contributed by atoms with Crippen LogP contribution in [0.15, 0.2) is 30.5 Å². The summed E-state index contributed by atoms with van der Waals surface area (Å²) in [6, 6.07) is 7.49. The van der Waals surface area contributed by atoms with Gasteiger partial charge in [0.1, 0.15) is 11.6 Å². The van der Waals surface area contributed by atoms with Crippen molar-refractivity contribution in [1.82, 2.24) is 24.8 Å². The lowest BCUT2D eigenvalue weighted by molar-refractivity contribution is 0.244. The first-order valence-electron chi connectivity index (χ1n) is 8.20. The molecule has 0 saturated carbocycles. The Hall–Kier alpha value is -2.38. The molecular formula is C17H19ClN6O. The van der Waals surface area contributed by atoms with Crippen LogP contribution >= 0.6 is 11.6 Å². The molecular weight excluding hydrogens is 340 g/mol. The first-order valence-corrected chi connectivity index (χ1v) is 8.57. The second kappa shape index (κ2) is 6.85. The second-order valence-electron chi connectivity index (χ2n) is 6.00. The van der Waals surface area contributed by atoms with Crippen LogP contribution in [-0.2, 0) is 6.54 Å². The summed E-state index contributed by atoms with van der Waals surface area (Å²) in [7, 11) is 1.61. The number of rotatable bonds is 4. The molecule has 25 heavy (non-hydrogen) atoms. The second-order valence-corrected chi connectivity index (χ2v) is 6.44. The van der Waals surface area contributed by atoms with Crippen molar-refractivity contribution >= 4 is 28.6 Å². The Morgan fingerprint density at radius 1 is 1.16 bits per heavy atom. The number of imidazole rings is 1. The fraction of sp³-hybridized carbons (Fsp3) is 0.353. The van der Waals surface area contributed by atoms with Crippen LogP contribution in [0.25, 0.3) is 11.2 Å². The highest BCUT2D eigenvalue weighted by atomic mass is 35.5. The van der Waals surface area contributed by atoms with Crippen molar-refractivity contribution in [3.05, 3.63) is 41.3 Å². The molecule has 4 heterocycles. The molecule has 0 bridgehead atoms. The van der Waals surface area contributed by atoms with Gasteiger partial charge in [-0.15, -0.1) is 0 Å². The van der Waals surface area contributed by atoms with Crippen molar-refractivity contribution in [3.8, 4) is 5.88 Å². The van der Waals surface area contributed by atoms with E-state index in [4.69, 9.17) is 16.3 Å². The van der Waals surface area contributed by atoms with E-state index in [0.717, 1.165) is 54.9 Å². The minimum absolute atomic E-state index is 0.577. The van der Waals surface area contributed by atoms with E-state index in [1.165, 1.54) is 0 Å². The molecule has 3 aromatic heterocycles. The quantitative estimate of drug-likeness (QED) is 0.772. The van der Waals surface area contributed by atoms with Gasteiger partial charge in [-0.1, -0.05) is 11.6 Å². The normalized spacial score (nSPS) is 15.7. The van der Waals surface area contributed by atoms with E-state index in [2.05, 4.69) is 29.7 Å². The Morgan fingerprint density at radius 3 is 2.76 bits per heavy atom. The van der Waals surface area contributed by atoms with Crippen LogP contribution in [0.3, 0.4) is 0 Å². The molecule has 7 nitrogen and oxygen atoms in total. The van der Waals surface area contributed by atoms with Crippen molar-refractivity contribution < 1.29 is 4.74 Å². The molecule has 1 N–H and O–H groups in total. The first-order chi connectivity index (χ1) is 12.2. The number of anilines is 1. The summed E-state index contributed by atoms with van der Waals surface area (Å²) in [5, 5.41) is 0.720. The molecule has 0 radical (unpaired) electrons. The molecule has 1 saturated heterocycles. The molecule has 4 rings (SSSR count). The van der Waals surface area contributed by atoms with Crippen molar-refractivity contribution in [2.24, 2.45) is 0 Å². The molecule has 0 atom stereocenters. The number of piperazine rings is 1. The summed E-state index contributed by atoms with van der Waals surface area (Å²) in [4.78, 5) is 21.3. The third kappa shape index (κ3) is 3.52. The van der Waals surface area contributed by atoms with E-state index in [1.54, 1.807) is 19.4 Å². The zero-order chi connectivity index (χ0) is 17.2. The fourth-order valence-electron chi connectivity index (χ4n) is 3.03. The lowest BCUT2D eigenvalue weighted by Crippen LogP contribution is -2.46. The van der Waals surface area contributed by atoms with Crippen molar-refractivity contribution in [3.63, 3.8) is 0 Å². The van der Waals surface area contributed by atoms with Gasteiger partial charge in [-0.3, -0.25) is 4.90 Å². The minimum Gasteiger partial charge on any atom is -0.481 e. The van der Waals surface area contributed by atoms with Gasteiger partial charge < -0.3 is 14.6 Å². The number of nitrogens with zero attached hydrogens (tertiary/aromatic N) is 5. The van der Waals surface area contributed by atoms with Crippen LogP contribution in [0, 0.1) is 0 Å². The average molecular weight is 359 g/mol. The maximum atomic E-state index is 6.06. The predicted molar refractivity (Wildman–Crippen MR) is 97.2 cm³/mol. The van der Waals surface area contributed by atoms with Gasteiger partial charge in [0.15, 0.2) is 5.65 Å². The van der Waals surface area contributed by atoms with Crippen LogP contribution in [0.1, 0.15) is 5.82 Å². The smallest absolute Gasteiger partial charge is 0.215 e. The third-order valence-corrected chi connectivity index (χ3v) is 4.59. The number of methoxy groups -OCH3 is 1. The molecule has 0 spiro atoms. The summed E-state index contributed by atoms with van der Waals surface area (Å²) >= 11 is 6.06. The van der Waals surface area contributed by atoms with Gasteiger partial charge >= 0.3 is 0 Å². The first kappa shape index (κ1) is 16.1. The standard InChI is InChI=1S/C17H19ClN6O/c1-25-16-3-2-13-17(22-16)21-14(20-13)11-23-6-8-24(9-7-23)15-10-12(18)4-5-19-15/h2-5,10H,6-9,11H2,1H3,(H,20,21,22). The molecule has 0 amide bonds. The molecule has 1 aliphatic rings. The average Bonchev–Trinajstić information content (AvgIpc) is 3.03. The highest BCUT2D eigenvalue weighted by Gasteiger charge is 2.19. The predicted octanol–water partition coefficient (Wildman–Crippen LogP) is 2.34. The zero-order valence-electron chi connectivity index (χ0n) is 13.9. The van der Waals surface area contributed by atoms with E-state index in [9.17, 15) is 0 Å². The van der Waals surface area contributed by atoms with Gasteiger partial charge in [0.25, 0.3) is 0 Å². The Kier molecular flexibility index (Phi) is 4.42. The molecule has 130 valence electrons. The van der Waals surface area contributed by atoms with Gasteiger partial charge in [-0.25, -0.2) is 9.97 Å². The highest BCUT2D eigenvalue weighted by Crippen LogP contribution is 2.19. The van der Waals surface area contributed by atoms with Gasteiger partial charge in [0.2, 0.25) is 5.88 Å². The number of H-pyrrole nitrogens is 1. The molecule has 1 aliphatic heterocycles. The maximum Gasteiger partial charge on any atom is 0.215 e. The zero-order valence-corrected chi connectivity index (χ0v) is 14.7. The number of hydrogen-bond donors (Lipinski definition) is 1. The van der Waals surface area contributed by atoms with Crippen molar-refractivity contribution in [1.29, 1.82) is 0 Å². The Balaban J connectivity index is 1.40. The van der Waals surface area contributed by atoms with Gasteiger partial charge in [-0.05, 0) is 18.2 Å². The monoisotopic (exact) mass is 358 g/mol. The van der Waals surface area contributed by atoms with Gasteiger partial charge in [-0.2, -0.15) is 4.98 Å². The summed E-state index contributed by atoms with van der Waals surface area (Å²) in [5.74, 6) is 2.44. The van der Waals surface area contributed by atoms with Crippen LogP contribution in [0.2, 0.25) is 5.02 Å². The molecule has 0 unspecified atom stereocenters. The van der Waals surface area contributed by atoms with Gasteiger partial charge in [0.05, 0.1) is 19.2 Å². The molecule has 8 heteroatoms. The number of ether oxygens (including phenoxy) is 1. The summed E-state index contributed by atoms with van der Waals surface area (Å²) in [5.41, 5.74) is 1.62. The Bertz CT molecular complexity index is 874. The number of pyridine rings is 2. The topological polar surface area (TPSA) is 70.2 Å². The number of hydrogen-bond acceptors (Lipinski definition) is 6. The van der Waals surface area contributed by atoms with E-state index >= 15 is 0 Å². The lowest BCUT2D eigenvalue weighted by Gasteiger charge is -2.34. The van der Waals surface area contributed by atoms with Crippen LogP contribution in [-0.4, -0.2) is 58.1 Å². The fourth-order valence-corrected chi connectivity index (χ4v) is 3.18. The highest BCUT2D eigenvalue weighted by molar-refractivity contribution is 6.30. The molecule has 0 aromatic carbocycles. The minimum atomic E-state index is 0.577. The van der Waals surface area contributed by atoms with Crippen LogP contribution in [0.4, 0.5) is 5.82 Å². The van der Waals surface area contributed by atoms with Crippen molar-refractivity contribution in [2.75, 3.05) is 38.2 Å². The van der Waals surface area contributed by atoms with Crippen LogP contribution in [0.5, 0.6) is 5.88 Å². The molecule has 3 aromatic rings. The molecule has 1 fully saturated rings. The largest absolute Gasteiger partial charge is 0.481 e. The van der Waals surface area contributed by atoms with E-state index < -0.39 is 0 Å². The number of nitrogens with one attached hydrogen (secondary N) is 1. The summed E-state index contributed by atoms with van der Waals surface area (Å²) in [6.45, 7) is 4.50. The SMILES string of the molecule is COc1ccc2[nH]c(CN3CCN(c4cc(Cl)ccn4)CC3)nc2n1. The number of aromatic amines is 1. The number of halogens is 1. The van der Waals surface area contributed by atoms with E-state index in [1.807, 2.05) is 18.2 Å². The van der Waals surface area contributed by atoms with Gasteiger partial charge in [0, 0.05) is 43.5 Å². The summed E-state index contributed by atoms with van der Waals surface area (Å²) in [6.07, 6.45) is 1.75. The van der Waals surface area contributed by atoms with Crippen LogP contribution < -0.4 is 9.64 Å². The number of aromatic nitrogens is 4. The van der Waals surface area contributed by atoms with Crippen molar-refractivity contribution in [2.45, 2.75) is 6.54 Å². The van der Waals surface area contributed by atoms with E-state index in [-0.39, 0.29) is 0 Å². The maximum absolute atomic E-state index is 6.06. The third-order valence-electron chi connectivity index (χ3n) is 4.36. The summed E-state index contributed by atoms with van der Waals surface area (Å²) < 4.78 is 5.15.